The van der Waals surface area contributed by atoms with E-state index >= 15 is 0 Å². The number of aryl methyl sites for hydroxylation is 1. The van der Waals surface area contributed by atoms with Gasteiger partial charge in [-0.2, -0.15) is 5.10 Å². The monoisotopic (exact) mass is 306 g/mol. The maximum atomic E-state index is 12.8. The van der Waals surface area contributed by atoms with Crippen molar-refractivity contribution in [2.75, 3.05) is 19.7 Å². The molecule has 6 heteroatoms. The minimum absolute atomic E-state index is 0.0833. The van der Waals surface area contributed by atoms with Gasteiger partial charge in [0.2, 0.25) is 5.91 Å². The molecule has 0 spiro atoms. The highest BCUT2D eigenvalue weighted by atomic mass is 16.5. The van der Waals surface area contributed by atoms with Crippen LogP contribution < -0.4 is 5.73 Å². The fourth-order valence-electron chi connectivity index (χ4n) is 3.64. The summed E-state index contributed by atoms with van der Waals surface area (Å²) in [6, 6.07) is 0.174. The Balaban J connectivity index is 1.71. The van der Waals surface area contributed by atoms with Crippen molar-refractivity contribution in [1.82, 2.24) is 14.7 Å². The van der Waals surface area contributed by atoms with Crippen molar-refractivity contribution >= 4 is 5.91 Å². The molecule has 0 aromatic carbocycles. The summed E-state index contributed by atoms with van der Waals surface area (Å²) in [6.07, 6.45) is 7.67. The first kappa shape index (κ1) is 15.5. The number of carbonyl (C=O) groups is 1. The lowest BCUT2D eigenvalue weighted by molar-refractivity contribution is -0.154. The number of aromatic nitrogens is 2. The third-order valence-corrected chi connectivity index (χ3v) is 4.97. The Morgan fingerprint density at radius 1 is 1.50 bits per heavy atom. The molecule has 22 heavy (non-hydrogen) atoms. The summed E-state index contributed by atoms with van der Waals surface area (Å²) >= 11 is 0. The van der Waals surface area contributed by atoms with E-state index in [1.165, 1.54) is 0 Å². The first-order valence-electron chi connectivity index (χ1n) is 8.15. The van der Waals surface area contributed by atoms with E-state index in [1.807, 2.05) is 31.3 Å². The van der Waals surface area contributed by atoms with Crippen LogP contribution in [0.15, 0.2) is 12.4 Å². The second-order valence-corrected chi connectivity index (χ2v) is 6.87. The van der Waals surface area contributed by atoms with E-state index in [0.29, 0.717) is 19.7 Å². The van der Waals surface area contributed by atoms with Gasteiger partial charge in [0.1, 0.15) is 5.60 Å². The van der Waals surface area contributed by atoms with Crippen LogP contribution in [0.4, 0.5) is 0 Å². The maximum absolute atomic E-state index is 12.8. The molecular formula is C16H26N4O2. The number of morpholine rings is 1. The number of nitrogens with zero attached hydrogens (tertiary/aromatic N) is 3. The van der Waals surface area contributed by atoms with Gasteiger partial charge in [0.25, 0.3) is 0 Å². The zero-order valence-corrected chi connectivity index (χ0v) is 13.5. The van der Waals surface area contributed by atoms with Crippen LogP contribution >= 0.6 is 0 Å². The molecule has 1 aromatic rings. The average Bonchev–Trinajstić information content (AvgIpc) is 2.94. The third kappa shape index (κ3) is 3.03. The molecule has 2 fully saturated rings. The molecule has 1 saturated heterocycles. The normalized spacial score (nSPS) is 33.0. The lowest BCUT2D eigenvalue weighted by Crippen LogP contribution is -2.52. The number of hydrogen-bond donors (Lipinski definition) is 1. The van der Waals surface area contributed by atoms with Crippen molar-refractivity contribution in [3.05, 3.63) is 18.0 Å². The number of ether oxygens (including phenoxy) is 1. The molecule has 1 saturated carbocycles. The zero-order valence-electron chi connectivity index (χ0n) is 13.5. The molecule has 6 nitrogen and oxygen atoms in total. The quantitative estimate of drug-likeness (QED) is 0.885. The Morgan fingerprint density at radius 3 is 3.00 bits per heavy atom. The van der Waals surface area contributed by atoms with Gasteiger partial charge in [-0.1, -0.05) is 6.42 Å². The minimum Gasteiger partial charge on any atom is -0.367 e. The summed E-state index contributed by atoms with van der Waals surface area (Å²) < 4.78 is 7.75. The van der Waals surface area contributed by atoms with Gasteiger partial charge < -0.3 is 15.4 Å². The molecule has 2 heterocycles. The summed E-state index contributed by atoms with van der Waals surface area (Å²) in [5.41, 5.74) is 6.58. The van der Waals surface area contributed by atoms with Crippen molar-refractivity contribution in [3.8, 4) is 0 Å². The summed E-state index contributed by atoms with van der Waals surface area (Å²) in [4.78, 5) is 14.8. The highest BCUT2D eigenvalue weighted by Crippen LogP contribution is 2.31. The van der Waals surface area contributed by atoms with Crippen molar-refractivity contribution < 1.29 is 9.53 Å². The molecule has 1 aliphatic carbocycles. The number of carbonyl (C=O) groups excluding carboxylic acids is 1. The number of nitrogens with two attached hydrogens (primary N) is 1. The highest BCUT2D eigenvalue weighted by Gasteiger charge is 2.39. The fourth-order valence-corrected chi connectivity index (χ4v) is 3.64. The van der Waals surface area contributed by atoms with E-state index in [4.69, 9.17) is 10.5 Å². The van der Waals surface area contributed by atoms with Gasteiger partial charge in [0.05, 0.1) is 19.3 Å². The largest absolute Gasteiger partial charge is 0.367 e. The van der Waals surface area contributed by atoms with Gasteiger partial charge in [-0.25, -0.2) is 0 Å². The van der Waals surface area contributed by atoms with Crippen LogP contribution in [0, 0.1) is 5.92 Å². The lowest BCUT2D eigenvalue weighted by Gasteiger charge is -2.42. The Labute approximate surface area is 131 Å². The second kappa shape index (κ2) is 6.01. The van der Waals surface area contributed by atoms with Gasteiger partial charge in [0.15, 0.2) is 0 Å². The van der Waals surface area contributed by atoms with E-state index in [2.05, 4.69) is 5.10 Å². The van der Waals surface area contributed by atoms with E-state index in [-0.39, 0.29) is 17.9 Å². The number of hydrogen-bond acceptors (Lipinski definition) is 4. The van der Waals surface area contributed by atoms with Crippen LogP contribution in [0.3, 0.4) is 0 Å². The first-order chi connectivity index (χ1) is 10.5. The summed E-state index contributed by atoms with van der Waals surface area (Å²) in [5, 5.41) is 4.22. The van der Waals surface area contributed by atoms with Gasteiger partial charge >= 0.3 is 0 Å². The summed E-state index contributed by atoms with van der Waals surface area (Å²) in [5.74, 6) is 0.327. The molecule has 0 bridgehead atoms. The maximum Gasteiger partial charge on any atom is 0.225 e. The van der Waals surface area contributed by atoms with E-state index < -0.39 is 5.60 Å². The highest BCUT2D eigenvalue weighted by molar-refractivity contribution is 5.79. The standard InChI is InChI=1S/C16H26N4O2/c1-16(13-9-18-19(2)10-13)11-20(6-7-22-16)15(21)12-4-3-5-14(17)8-12/h9-10,12,14H,3-8,11,17H2,1-2H3/t12-,14+,16-/m0/s1. The predicted molar refractivity (Wildman–Crippen MR) is 83.0 cm³/mol. The molecule has 0 radical (unpaired) electrons. The predicted octanol–water partition coefficient (Wildman–Crippen LogP) is 1.01. The topological polar surface area (TPSA) is 73.4 Å². The van der Waals surface area contributed by atoms with Crippen LogP contribution in [-0.2, 0) is 22.2 Å². The Kier molecular flexibility index (Phi) is 4.23. The molecule has 2 N–H and O–H groups in total. The van der Waals surface area contributed by atoms with Crippen molar-refractivity contribution in [2.24, 2.45) is 18.7 Å². The van der Waals surface area contributed by atoms with Crippen LogP contribution in [0.2, 0.25) is 0 Å². The van der Waals surface area contributed by atoms with E-state index in [9.17, 15) is 4.79 Å². The Hall–Kier alpha value is -1.40. The number of amides is 1. The van der Waals surface area contributed by atoms with Gasteiger partial charge in [-0.15, -0.1) is 0 Å². The van der Waals surface area contributed by atoms with Crippen molar-refractivity contribution in [1.29, 1.82) is 0 Å². The van der Waals surface area contributed by atoms with Gasteiger partial charge in [0, 0.05) is 37.3 Å². The number of rotatable bonds is 2. The smallest absolute Gasteiger partial charge is 0.225 e. The summed E-state index contributed by atoms with van der Waals surface area (Å²) in [6.45, 7) is 3.86. The molecule has 3 atom stereocenters. The summed E-state index contributed by atoms with van der Waals surface area (Å²) in [7, 11) is 1.89. The van der Waals surface area contributed by atoms with E-state index in [1.54, 1.807) is 4.68 Å². The SMILES string of the molecule is Cn1cc([C@]2(C)CN(C(=O)[C@H]3CCC[C@@H](N)C3)CCO2)cn1. The first-order valence-corrected chi connectivity index (χ1v) is 8.15. The third-order valence-electron chi connectivity index (χ3n) is 4.97. The second-order valence-electron chi connectivity index (χ2n) is 6.87. The van der Waals surface area contributed by atoms with E-state index in [0.717, 1.165) is 31.2 Å². The fraction of sp³-hybridized carbons (Fsp3) is 0.750. The molecule has 1 aromatic heterocycles. The molecular weight excluding hydrogens is 280 g/mol. The van der Waals surface area contributed by atoms with Crippen molar-refractivity contribution in [3.63, 3.8) is 0 Å². The zero-order chi connectivity index (χ0) is 15.7. The molecule has 122 valence electrons. The molecule has 1 amide bonds. The minimum atomic E-state index is -0.473. The molecule has 1 aliphatic heterocycles. The lowest BCUT2D eigenvalue weighted by atomic mass is 9.84. The van der Waals surface area contributed by atoms with Crippen LogP contribution in [-0.4, -0.2) is 46.3 Å². The van der Waals surface area contributed by atoms with Crippen LogP contribution in [0.25, 0.3) is 0 Å². The molecule has 3 rings (SSSR count). The van der Waals surface area contributed by atoms with Gasteiger partial charge in [-0.3, -0.25) is 9.48 Å². The van der Waals surface area contributed by atoms with Crippen molar-refractivity contribution in [2.45, 2.75) is 44.2 Å². The molecule has 2 aliphatic rings. The average molecular weight is 306 g/mol. The van der Waals surface area contributed by atoms with Crippen LogP contribution in [0.1, 0.15) is 38.2 Å². The Bertz CT molecular complexity index is 544. The van der Waals surface area contributed by atoms with Gasteiger partial charge in [-0.05, 0) is 26.2 Å². The Morgan fingerprint density at radius 2 is 2.32 bits per heavy atom. The van der Waals surface area contributed by atoms with Crippen LogP contribution in [0.5, 0.6) is 0 Å². The molecule has 0 unspecified atom stereocenters.